The van der Waals surface area contributed by atoms with Crippen molar-refractivity contribution in [1.82, 2.24) is 5.32 Å². The van der Waals surface area contributed by atoms with Gasteiger partial charge < -0.3 is 10.1 Å². The smallest absolute Gasteiger partial charge is 0.261 e. The van der Waals surface area contributed by atoms with Crippen molar-refractivity contribution in [3.63, 3.8) is 0 Å². The number of ether oxygens (including phenoxy) is 1. The van der Waals surface area contributed by atoms with Gasteiger partial charge in [-0.1, -0.05) is 61.0 Å². The standard InChI is InChI=1S/C20H24ClNO2/c1-3-18(24-19-12-8-7-11-17(19)21)20(23)22-15(2)13-14-16-9-5-4-6-10-16/h4-12,15,18H,3,13-14H2,1-2H3,(H,22,23)/t15-,18-/m1/s1. The van der Waals surface area contributed by atoms with E-state index >= 15 is 0 Å². The van der Waals surface area contributed by atoms with Gasteiger partial charge in [-0.25, -0.2) is 0 Å². The zero-order valence-corrected chi connectivity index (χ0v) is 14.9. The molecule has 1 amide bonds. The molecule has 0 unspecified atom stereocenters. The van der Waals surface area contributed by atoms with Crippen LogP contribution in [0.2, 0.25) is 5.02 Å². The van der Waals surface area contributed by atoms with Crippen LogP contribution in [0.15, 0.2) is 54.6 Å². The lowest BCUT2D eigenvalue weighted by Gasteiger charge is -2.21. The number of aryl methyl sites for hydroxylation is 1. The molecule has 2 aromatic rings. The first-order valence-electron chi connectivity index (χ1n) is 8.35. The first-order chi connectivity index (χ1) is 11.6. The van der Waals surface area contributed by atoms with Gasteiger partial charge in [-0.3, -0.25) is 4.79 Å². The van der Waals surface area contributed by atoms with E-state index in [2.05, 4.69) is 17.4 Å². The molecule has 0 aliphatic carbocycles. The number of nitrogens with one attached hydrogen (secondary N) is 1. The van der Waals surface area contributed by atoms with E-state index in [4.69, 9.17) is 16.3 Å². The van der Waals surface area contributed by atoms with Gasteiger partial charge in [0.05, 0.1) is 5.02 Å². The molecule has 0 aliphatic heterocycles. The van der Waals surface area contributed by atoms with Crippen LogP contribution in [0.1, 0.15) is 32.3 Å². The van der Waals surface area contributed by atoms with Crippen LogP contribution in [-0.4, -0.2) is 18.1 Å². The van der Waals surface area contributed by atoms with Crippen molar-refractivity contribution in [3.05, 3.63) is 65.2 Å². The molecule has 0 spiro atoms. The van der Waals surface area contributed by atoms with Crippen LogP contribution in [-0.2, 0) is 11.2 Å². The zero-order chi connectivity index (χ0) is 17.4. The highest BCUT2D eigenvalue weighted by molar-refractivity contribution is 6.32. The van der Waals surface area contributed by atoms with Gasteiger partial charge in [0.25, 0.3) is 5.91 Å². The lowest BCUT2D eigenvalue weighted by atomic mass is 10.1. The SMILES string of the molecule is CC[C@@H](Oc1ccccc1Cl)C(=O)N[C@H](C)CCc1ccccc1. The number of benzene rings is 2. The normalized spacial score (nSPS) is 13.1. The summed E-state index contributed by atoms with van der Waals surface area (Å²) in [4.78, 5) is 12.4. The Morgan fingerprint density at radius 2 is 1.79 bits per heavy atom. The van der Waals surface area contributed by atoms with Crippen LogP contribution in [0.25, 0.3) is 0 Å². The van der Waals surface area contributed by atoms with Gasteiger partial charge in [0.15, 0.2) is 6.10 Å². The number of carbonyl (C=O) groups is 1. The first kappa shape index (κ1) is 18.3. The van der Waals surface area contributed by atoms with Crippen LogP contribution in [0.3, 0.4) is 0 Å². The van der Waals surface area contributed by atoms with Gasteiger partial charge in [0, 0.05) is 6.04 Å². The van der Waals surface area contributed by atoms with Crippen LogP contribution in [0, 0.1) is 0 Å². The fourth-order valence-electron chi connectivity index (χ4n) is 2.45. The van der Waals surface area contributed by atoms with Crippen molar-refractivity contribution < 1.29 is 9.53 Å². The van der Waals surface area contributed by atoms with Crippen molar-refractivity contribution in [2.45, 2.75) is 45.3 Å². The molecule has 2 aromatic carbocycles. The Kier molecular flexibility index (Phi) is 7.13. The lowest BCUT2D eigenvalue weighted by Crippen LogP contribution is -2.42. The Labute approximate surface area is 149 Å². The molecule has 0 radical (unpaired) electrons. The Hall–Kier alpha value is -2.00. The summed E-state index contributed by atoms with van der Waals surface area (Å²) in [7, 11) is 0. The maximum atomic E-state index is 12.4. The summed E-state index contributed by atoms with van der Waals surface area (Å²) in [5.74, 6) is 0.441. The Morgan fingerprint density at radius 1 is 1.12 bits per heavy atom. The molecule has 128 valence electrons. The van der Waals surface area contributed by atoms with E-state index in [1.165, 1.54) is 5.56 Å². The lowest BCUT2D eigenvalue weighted by molar-refractivity contribution is -0.128. The molecule has 0 fully saturated rings. The highest BCUT2D eigenvalue weighted by Crippen LogP contribution is 2.24. The summed E-state index contributed by atoms with van der Waals surface area (Å²) in [6, 6.07) is 17.6. The van der Waals surface area contributed by atoms with Crippen molar-refractivity contribution in [2.24, 2.45) is 0 Å². The minimum atomic E-state index is -0.538. The molecular weight excluding hydrogens is 322 g/mol. The number of hydrogen-bond donors (Lipinski definition) is 1. The molecule has 0 heterocycles. The molecule has 24 heavy (non-hydrogen) atoms. The molecule has 2 atom stereocenters. The average Bonchev–Trinajstić information content (AvgIpc) is 2.60. The maximum absolute atomic E-state index is 12.4. The van der Waals surface area contributed by atoms with Crippen LogP contribution < -0.4 is 10.1 Å². The summed E-state index contributed by atoms with van der Waals surface area (Å²) in [6.45, 7) is 3.94. The van der Waals surface area contributed by atoms with Crippen molar-refractivity contribution in [1.29, 1.82) is 0 Å². The summed E-state index contributed by atoms with van der Waals surface area (Å²) in [5.41, 5.74) is 1.28. The third-order valence-corrected chi connectivity index (χ3v) is 4.18. The summed E-state index contributed by atoms with van der Waals surface area (Å²) in [5, 5.41) is 3.55. The second-order valence-corrected chi connectivity index (χ2v) is 6.29. The molecule has 0 bridgehead atoms. The van der Waals surface area contributed by atoms with Gasteiger partial charge in [-0.15, -0.1) is 0 Å². The highest BCUT2D eigenvalue weighted by atomic mass is 35.5. The number of halogens is 1. The van der Waals surface area contributed by atoms with Gasteiger partial charge in [0.2, 0.25) is 0 Å². The van der Waals surface area contributed by atoms with Crippen LogP contribution in [0.4, 0.5) is 0 Å². The van der Waals surface area contributed by atoms with Gasteiger partial charge >= 0.3 is 0 Å². The van der Waals surface area contributed by atoms with Gasteiger partial charge in [0.1, 0.15) is 5.75 Å². The largest absolute Gasteiger partial charge is 0.479 e. The quantitative estimate of drug-likeness (QED) is 0.757. The predicted molar refractivity (Wildman–Crippen MR) is 98.5 cm³/mol. The molecule has 3 nitrogen and oxygen atoms in total. The first-order valence-corrected chi connectivity index (χ1v) is 8.73. The van der Waals surface area contributed by atoms with E-state index in [0.717, 1.165) is 12.8 Å². The summed E-state index contributed by atoms with van der Waals surface area (Å²) in [6.07, 6.45) is 1.87. The Bertz CT molecular complexity index is 645. The van der Waals surface area contributed by atoms with Crippen LogP contribution >= 0.6 is 11.6 Å². The number of amides is 1. The van der Waals surface area contributed by atoms with E-state index in [1.807, 2.05) is 44.2 Å². The maximum Gasteiger partial charge on any atom is 0.261 e. The van der Waals surface area contributed by atoms with E-state index in [9.17, 15) is 4.79 Å². The third-order valence-electron chi connectivity index (χ3n) is 3.87. The van der Waals surface area contributed by atoms with E-state index in [-0.39, 0.29) is 11.9 Å². The fraction of sp³-hybridized carbons (Fsp3) is 0.350. The molecule has 1 N–H and O–H groups in total. The molecule has 0 aromatic heterocycles. The number of carbonyl (C=O) groups excluding carboxylic acids is 1. The number of rotatable bonds is 8. The van der Waals surface area contributed by atoms with E-state index in [1.54, 1.807) is 12.1 Å². The second kappa shape index (κ2) is 9.33. The second-order valence-electron chi connectivity index (χ2n) is 5.88. The average molecular weight is 346 g/mol. The molecular formula is C20H24ClNO2. The van der Waals surface area contributed by atoms with Gasteiger partial charge in [-0.2, -0.15) is 0 Å². The van der Waals surface area contributed by atoms with E-state index in [0.29, 0.717) is 17.2 Å². The number of hydrogen-bond acceptors (Lipinski definition) is 2. The fourth-order valence-corrected chi connectivity index (χ4v) is 2.63. The molecule has 0 saturated carbocycles. The summed E-state index contributed by atoms with van der Waals surface area (Å²) >= 11 is 6.10. The molecule has 0 aliphatic rings. The minimum absolute atomic E-state index is 0.0848. The minimum Gasteiger partial charge on any atom is -0.479 e. The number of para-hydroxylation sites is 1. The zero-order valence-electron chi connectivity index (χ0n) is 14.2. The molecule has 2 rings (SSSR count). The third kappa shape index (κ3) is 5.57. The highest BCUT2D eigenvalue weighted by Gasteiger charge is 2.20. The Balaban J connectivity index is 1.85. The monoisotopic (exact) mass is 345 g/mol. The van der Waals surface area contributed by atoms with Crippen molar-refractivity contribution >= 4 is 17.5 Å². The summed E-state index contributed by atoms with van der Waals surface area (Å²) < 4.78 is 5.78. The van der Waals surface area contributed by atoms with E-state index < -0.39 is 6.10 Å². The molecule has 0 saturated heterocycles. The van der Waals surface area contributed by atoms with Gasteiger partial charge in [-0.05, 0) is 43.9 Å². The predicted octanol–water partition coefficient (Wildman–Crippen LogP) is 4.63. The molecule has 4 heteroatoms. The topological polar surface area (TPSA) is 38.3 Å². The van der Waals surface area contributed by atoms with Crippen LogP contribution in [0.5, 0.6) is 5.75 Å². The van der Waals surface area contributed by atoms with Crippen molar-refractivity contribution in [2.75, 3.05) is 0 Å². The van der Waals surface area contributed by atoms with Crippen molar-refractivity contribution in [3.8, 4) is 5.75 Å². The Morgan fingerprint density at radius 3 is 2.46 bits per heavy atom.